The Hall–Kier alpha value is -4.51. The topological polar surface area (TPSA) is 111 Å². The van der Waals surface area contributed by atoms with Gasteiger partial charge >= 0.3 is 0 Å². The molecule has 11 nitrogen and oxygen atoms in total. The van der Waals surface area contributed by atoms with Gasteiger partial charge in [-0.15, -0.1) is 5.10 Å². The van der Waals surface area contributed by atoms with E-state index in [-0.39, 0.29) is 29.3 Å². The summed E-state index contributed by atoms with van der Waals surface area (Å²) in [6.07, 6.45) is 5.29. The maximum absolute atomic E-state index is 13.1. The summed E-state index contributed by atoms with van der Waals surface area (Å²) in [6, 6.07) is 15.2. The number of benzene rings is 2. The second-order valence-corrected chi connectivity index (χ2v) is 12.9. The molecule has 2 amide bonds. The van der Waals surface area contributed by atoms with Crippen LogP contribution >= 0.6 is 0 Å². The number of fused-ring (bicyclic) bond motifs is 1. The van der Waals surface area contributed by atoms with Gasteiger partial charge in [0.25, 0.3) is 5.91 Å². The van der Waals surface area contributed by atoms with Crippen LogP contribution in [-0.2, 0) is 10.2 Å². The first kappa shape index (κ1) is 30.9. The monoisotopic (exact) mass is 597 g/mol. The third-order valence-corrected chi connectivity index (χ3v) is 7.98. The first-order valence-corrected chi connectivity index (χ1v) is 15.0. The molecule has 1 fully saturated rings. The Morgan fingerprint density at radius 2 is 1.70 bits per heavy atom. The summed E-state index contributed by atoms with van der Waals surface area (Å²) in [7, 11) is 7.33. The number of likely N-dealkylation sites (N-methyl/N-ethyl adjacent to an activating group) is 2. The highest BCUT2D eigenvalue weighted by Crippen LogP contribution is 2.27. The minimum absolute atomic E-state index is 0.0183. The summed E-state index contributed by atoms with van der Waals surface area (Å²) in [5.74, 6) is 1.08. The molecule has 4 aromatic rings. The molecule has 0 bridgehead atoms. The molecular weight excluding hydrogens is 554 g/mol. The summed E-state index contributed by atoms with van der Waals surface area (Å²) >= 11 is 0. The highest BCUT2D eigenvalue weighted by atomic mass is 16.2. The van der Waals surface area contributed by atoms with Crippen molar-refractivity contribution in [2.45, 2.75) is 51.1 Å². The maximum Gasteiger partial charge on any atom is 0.251 e. The molecule has 2 aromatic carbocycles. The maximum atomic E-state index is 13.1. The zero-order valence-corrected chi connectivity index (χ0v) is 26.7. The Bertz CT molecular complexity index is 1610. The minimum atomic E-state index is -0.376. The number of imidazole rings is 1. The fourth-order valence-corrected chi connectivity index (χ4v) is 5.49. The lowest BCUT2D eigenvalue weighted by molar-refractivity contribution is -0.133. The molecule has 1 unspecified atom stereocenters. The van der Waals surface area contributed by atoms with Crippen molar-refractivity contribution in [3.8, 4) is 0 Å². The van der Waals surface area contributed by atoms with Crippen LogP contribution in [0.5, 0.6) is 0 Å². The fraction of sp³-hybridized carbons (Fsp3) is 0.424. The van der Waals surface area contributed by atoms with Crippen molar-refractivity contribution >= 4 is 34.9 Å². The van der Waals surface area contributed by atoms with Crippen molar-refractivity contribution in [3.63, 3.8) is 0 Å². The van der Waals surface area contributed by atoms with E-state index in [2.05, 4.69) is 41.3 Å². The first-order valence-electron chi connectivity index (χ1n) is 15.0. The number of anilines is 3. The fourth-order valence-electron chi connectivity index (χ4n) is 5.49. The number of nitrogens with one attached hydrogen (secondary N) is 2. The van der Waals surface area contributed by atoms with Gasteiger partial charge in [0.2, 0.25) is 11.9 Å². The van der Waals surface area contributed by atoms with E-state index >= 15 is 0 Å². The van der Waals surface area contributed by atoms with Gasteiger partial charge in [-0.25, -0.2) is 9.50 Å². The van der Waals surface area contributed by atoms with Crippen molar-refractivity contribution < 1.29 is 9.59 Å². The van der Waals surface area contributed by atoms with Gasteiger partial charge in [-0.3, -0.25) is 14.5 Å². The molecule has 11 heteroatoms. The van der Waals surface area contributed by atoms with E-state index in [0.717, 1.165) is 30.6 Å². The number of piperidine rings is 1. The van der Waals surface area contributed by atoms with Crippen LogP contribution in [0.15, 0.2) is 60.9 Å². The SMILES string of the molecule is CN(C)C(=O)C(c1ccc(Nc2nc(N3CCC[C@H](NC(=O)c4ccc(C(C)(C)C)cc4)C3)nn3ccnc23)cc1)N(C)C. The standard InChI is InChI=1S/C33H43N9O2/c1-33(2,3)24-14-10-23(11-15-24)30(43)36-26-9-8-19-41(21-26)32-37-28(29-34-18-20-42(29)38-32)35-25-16-12-22(13-17-25)27(39(4)5)31(44)40(6)7/h10-18,20,26-27H,8-9,19,21H2,1-7H3,(H,36,43)(H,35,37,38)/t26-,27?/m0/s1. The van der Waals surface area contributed by atoms with Gasteiger partial charge in [-0.1, -0.05) is 45.0 Å². The molecule has 5 rings (SSSR count). The van der Waals surface area contributed by atoms with Crippen LogP contribution in [0, 0.1) is 0 Å². The van der Waals surface area contributed by atoms with Gasteiger partial charge in [0.05, 0.1) is 0 Å². The molecule has 0 spiro atoms. The predicted octanol–water partition coefficient (Wildman–Crippen LogP) is 4.26. The van der Waals surface area contributed by atoms with Crippen LogP contribution < -0.4 is 15.5 Å². The molecule has 2 N–H and O–H groups in total. The van der Waals surface area contributed by atoms with Crippen LogP contribution in [0.3, 0.4) is 0 Å². The van der Waals surface area contributed by atoms with Crippen LogP contribution in [0.25, 0.3) is 5.65 Å². The number of hydrogen-bond donors (Lipinski definition) is 2. The Morgan fingerprint density at radius 1 is 1.00 bits per heavy atom. The average Bonchev–Trinajstić information content (AvgIpc) is 3.47. The number of hydrogen-bond acceptors (Lipinski definition) is 8. The van der Waals surface area contributed by atoms with E-state index < -0.39 is 0 Å². The zero-order chi connectivity index (χ0) is 31.6. The van der Waals surface area contributed by atoms with Crippen LogP contribution in [0.4, 0.5) is 17.5 Å². The van der Waals surface area contributed by atoms with Crippen LogP contribution in [0.1, 0.15) is 61.1 Å². The van der Waals surface area contributed by atoms with Crippen LogP contribution in [0.2, 0.25) is 0 Å². The van der Waals surface area contributed by atoms with E-state index in [1.54, 1.807) is 35.9 Å². The quantitative estimate of drug-likeness (QED) is 0.310. The molecule has 1 aliphatic heterocycles. The lowest BCUT2D eigenvalue weighted by Crippen LogP contribution is -2.48. The molecule has 0 saturated carbocycles. The molecule has 0 aliphatic carbocycles. The molecule has 232 valence electrons. The van der Waals surface area contributed by atoms with E-state index in [4.69, 9.17) is 10.1 Å². The Balaban J connectivity index is 1.31. The van der Waals surface area contributed by atoms with E-state index in [1.807, 2.05) is 67.5 Å². The third kappa shape index (κ3) is 6.83. The van der Waals surface area contributed by atoms with E-state index in [9.17, 15) is 9.59 Å². The van der Waals surface area contributed by atoms with Crippen LogP contribution in [-0.4, -0.2) is 88.5 Å². The molecule has 0 radical (unpaired) electrons. The molecule has 2 aromatic heterocycles. The molecular formula is C33H43N9O2. The summed E-state index contributed by atoms with van der Waals surface area (Å²) < 4.78 is 1.72. The second-order valence-electron chi connectivity index (χ2n) is 12.9. The number of carbonyl (C=O) groups is 2. The predicted molar refractivity (Wildman–Crippen MR) is 173 cm³/mol. The first-order chi connectivity index (χ1) is 20.9. The Morgan fingerprint density at radius 3 is 2.34 bits per heavy atom. The Kier molecular flexibility index (Phi) is 8.87. The number of amides is 2. The van der Waals surface area contributed by atoms with Gasteiger partial charge in [-0.05, 0) is 67.7 Å². The molecule has 1 aliphatic rings. The lowest BCUT2D eigenvalue weighted by Gasteiger charge is -2.33. The number of aromatic nitrogens is 4. The van der Waals surface area contributed by atoms with E-state index in [1.165, 1.54) is 5.56 Å². The molecule has 44 heavy (non-hydrogen) atoms. The number of nitrogens with zero attached hydrogens (tertiary/aromatic N) is 7. The molecule has 1 saturated heterocycles. The van der Waals surface area contributed by atoms with Gasteiger partial charge < -0.3 is 20.4 Å². The van der Waals surface area contributed by atoms with Gasteiger partial charge in [0, 0.05) is 56.9 Å². The highest BCUT2D eigenvalue weighted by molar-refractivity contribution is 5.94. The summed E-state index contributed by atoms with van der Waals surface area (Å²) in [4.78, 5) is 40.8. The van der Waals surface area contributed by atoms with Crippen molar-refractivity contribution in [2.24, 2.45) is 0 Å². The van der Waals surface area contributed by atoms with Crippen molar-refractivity contribution in [3.05, 3.63) is 77.6 Å². The zero-order valence-electron chi connectivity index (χ0n) is 26.7. The third-order valence-electron chi connectivity index (χ3n) is 7.98. The van der Waals surface area contributed by atoms with Crippen molar-refractivity contribution in [1.29, 1.82) is 0 Å². The summed E-state index contributed by atoms with van der Waals surface area (Å²) in [5.41, 5.74) is 4.22. The molecule has 2 atom stereocenters. The second kappa shape index (κ2) is 12.6. The highest BCUT2D eigenvalue weighted by Gasteiger charge is 2.26. The number of carbonyl (C=O) groups excluding carboxylic acids is 2. The Labute approximate surface area is 259 Å². The summed E-state index contributed by atoms with van der Waals surface area (Å²) in [6.45, 7) is 7.87. The smallest absolute Gasteiger partial charge is 0.251 e. The van der Waals surface area contributed by atoms with Gasteiger partial charge in [0.15, 0.2) is 11.5 Å². The van der Waals surface area contributed by atoms with Gasteiger partial charge in [-0.2, -0.15) is 4.98 Å². The van der Waals surface area contributed by atoms with Crippen molar-refractivity contribution in [2.75, 3.05) is 51.5 Å². The normalized spacial score (nSPS) is 16.2. The molecule has 3 heterocycles. The minimum Gasteiger partial charge on any atom is -0.348 e. The van der Waals surface area contributed by atoms with Gasteiger partial charge in [0.1, 0.15) is 6.04 Å². The summed E-state index contributed by atoms with van der Waals surface area (Å²) in [5, 5.41) is 11.3. The lowest BCUT2D eigenvalue weighted by atomic mass is 9.86. The average molecular weight is 598 g/mol. The van der Waals surface area contributed by atoms with E-state index in [0.29, 0.717) is 29.5 Å². The number of rotatable bonds is 8. The van der Waals surface area contributed by atoms with Crippen molar-refractivity contribution in [1.82, 2.24) is 34.7 Å². The largest absolute Gasteiger partial charge is 0.348 e.